The van der Waals surface area contributed by atoms with Crippen LogP contribution in [0.25, 0.3) is 0 Å². The topological polar surface area (TPSA) is 66.4 Å². The average molecular weight is 393 g/mol. The predicted octanol–water partition coefficient (Wildman–Crippen LogP) is 3.44. The summed E-state index contributed by atoms with van der Waals surface area (Å²) < 4.78 is 1.50. The first-order valence-corrected chi connectivity index (χ1v) is 7.43. The lowest BCUT2D eigenvalue weighted by atomic mass is 9.99. The summed E-state index contributed by atoms with van der Waals surface area (Å²) in [4.78, 5) is 23.2. The van der Waals surface area contributed by atoms with Crippen LogP contribution in [-0.2, 0) is 4.79 Å². The Bertz CT molecular complexity index is 471. The van der Waals surface area contributed by atoms with Gasteiger partial charge in [-0.3, -0.25) is 4.79 Å². The molecule has 19 heavy (non-hydrogen) atoms. The number of carbonyl (C=O) groups is 2. The van der Waals surface area contributed by atoms with E-state index in [4.69, 9.17) is 5.11 Å². The van der Waals surface area contributed by atoms with Crippen molar-refractivity contribution in [2.24, 2.45) is 5.92 Å². The van der Waals surface area contributed by atoms with Crippen molar-refractivity contribution < 1.29 is 14.7 Å². The van der Waals surface area contributed by atoms with Gasteiger partial charge in [0.15, 0.2) is 0 Å². The standard InChI is InChI=1S/C13H15Br2NO3/c1-3-7(2)11(13(18)19)16-12(17)8-4-9(14)6-10(15)5-8/h4-7,11H,3H2,1-2H3,(H,16,17)(H,18,19)/t7-,11-/m0/s1. The van der Waals surface area contributed by atoms with Gasteiger partial charge in [-0.2, -0.15) is 0 Å². The summed E-state index contributed by atoms with van der Waals surface area (Å²) in [6, 6.07) is 4.22. The Labute approximate surface area is 128 Å². The Morgan fingerprint density at radius 2 is 1.79 bits per heavy atom. The highest BCUT2D eigenvalue weighted by atomic mass is 79.9. The van der Waals surface area contributed by atoms with Gasteiger partial charge in [-0.05, 0) is 24.1 Å². The summed E-state index contributed by atoms with van der Waals surface area (Å²) in [5.41, 5.74) is 0.413. The first-order chi connectivity index (χ1) is 8.85. The van der Waals surface area contributed by atoms with Crippen molar-refractivity contribution in [1.29, 1.82) is 0 Å². The summed E-state index contributed by atoms with van der Waals surface area (Å²) in [7, 11) is 0. The van der Waals surface area contributed by atoms with Gasteiger partial charge < -0.3 is 10.4 Å². The summed E-state index contributed by atoms with van der Waals surface area (Å²) in [6.07, 6.45) is 0.680. The molecule has 0 saturated heterocycles. The number of hydrogen-bond donors (Lipinski definition) is 2. The van der Waals surface area contributed by atoms with Crippen molar-refractivity contribution in [2.45, 2.75) is 26.3 Å². The summed E-state index contributed by atoms with van der Waals surface area (Å²) in [6.45, 7) is 3.69. The third-order valence-corrected chi connectivity index (χ3v) is 3.81. The van der Waals surface area contributed by atoms with Gasteiger partial charge in [-0.15, -0.1) is 0 Å². The maximum atomic E-state index is 12.1. The number of carbonyl (C=O) groups excluding carboxylic acids is 1. The molecular formula is C13H15Br2NO3. The lowest BCUT2D eigenvalue weighted by Crippen LogP contribution is -2.45. The molecule has 0 aliphatic heterocycles. The van der Waals surface area contributed by atoms with E-state index in [1.54, 1.807) is 25.1 Å². The molecule has 1 aromatic carbocycles. The van der Waals surface area contributed by atoms with Crippen LogP contribution in [0.3, 0.4) is 0 Å². The molecule has 2 N–H and O–H groups in total. The van der Waals surface area contributed by atoms with E-state index in [-0.39, 0.29) is 5.92 Å². The second-order valence-electron chi connectivity index (χ2n) is 4.33. The molecule has 0 unspecified atom stereocenters. The van der Waals surface area contributed by atoms with Crippen LogP contribution in [0, 0.1) is 5.92 Å². The Morgan fingerprint density at radius 3 is 2.21 bits per heavy atom. The number of benzene rings is 1. The van der Waals surface area contributed by atoms with Crippen molar-refractivity contribution in [3.8, 4) is 0 Å². The lowest BCUT2D eigenvalue weighted by Gasteiger charge is -2.20. The smallest absolute Gasteiger partial charge is 0.326 e. The van der Waals surface area contributed by atoms with Crippen molar-refractivity contribution in [1.82, 2.24) is 5.32 Å². The Kier molecular flexibility index (Phi) is 6.00. The maximum absolute atomic E-state index is 12.1. The zero-order valence-electron chi connectivity index (χ0n) is 10.6. The fourth-order valence-corrected chi connectivity index (χ4v) is 2.89. The molecule has 2 atom stereocenters. The summed E-state index contributed by atoms with van der Waals surface area (Å²) in [5, 5.41) is 11.7. The first-order valence-electron chi connectivity index (χ1n) is 5.85. The molecule has 0 heterocycles. The van der Waals surface area contributed by atoms with E-state index in [1.165, 1.54) is 0 Å². The number of amides is 1. The number of halogens is 2. The second kappa shape index (κ2) is 7.05. The maximum Gasteiger partial charge on any atom is 0.326 e. The van der Waals surface area contributed by atoms with Crippen LogP contribution in [0.4, 0.5) is 0 Å². The highest BCUT2D eigenvalue weighted by Gasteiger charge is 2.25. The number of nitrogens with one attached hydrogen (secondary N) is 1. The van der Waals surface area contributed by atoms with Gasteiger partial charge in [0.2, 0.25) is 0 Å². The van der Waals surface area contributed by atoms with Gasteiger partial charge in [-0.25, -0.2) is 4.79 Å². The quantitative estimate of drug-likeness (QED) is 0.806. The predicted molar refractivity (Wildman–Crippen MR) is 80.2 cm³/mol. The van der Waals surface area contributed by atoms with Crippen LogP contribution in [0.1, 0.15) is 30.6 Å². The fraction of sp³-hybridized carbons (Fsp3) is 0.385. The molecule has 0 fully saturated rings. The van der Waals surface area contributed by atoms with Gasteiger partial charge in [-0.1, -0.05) is 52.1 Å². The molecule has 4 nitrogen and oxygen atoms in total. The van der Waals surface area contributed by atoms with E-state index in [0.717, 1.165) is 8.95 Å². The van der Waals surface area contributed by atoms with Crippen LogP contribution < -0.4 is 5.32 Å². The van der Waals surface area contributed by atoms with Crippen molar-refractivity contribution in [2.75, 3.05) is 0 Å². The van der Waals surface area contributed by atoms with Crippen molar-refractivity contribution >= 4 is 43.7 Å². The van der Waals surface area contributed by atoms with E-state index >= 15 is 0 Å². The molecule has 0 aliphatic rings. The monoisotopic (exact) mass is 391 g/mol. The lowest BCUT2D eigenvalue weighted by molar-refractivity contribution is -0.140. The molecule has 0 saturated carbocycles. The molecule has 0 bridgehead atoms. The number of hydrogen-bond acceptors (Lipinski definition) is 2. The minimum Gasteiger partial charge on any atom is -0.480 e. The van der Waals surface area contributed by atoms with Crippen molar-refractivity contribution in [3.63, 3.8) is 0 Å². The minimum atomic E-state index is -1.02. The average Bonchev–Trinajstić information content (AvgIpc) is 2.33. The molecule has 1 amide bonds. The van der Waals surface area contributed by atoms with Crippen LogP contribution in [0.15, 0.2) is 27.1 Å². The van der Waals surface area contributed by atoms with Gasteiger partial charge in [0, 0.05) is 14.5 Å². The van der Waals surface area contributed by atoms with Crippen molar-refractivity contribution in [3.05, 3.63) is 32.7 Å². The zero-order valence-corrected chi connectivity index (χ0v) is 13.8. The van der Waals surface area contributed by atoms with Crippen LogP contribution >= 0.6 is 31.9 Å². The largest absolute Gasteiger partial charge is 0.480 e. The number of aliphatic carboxylic acids is 1. The van der Waals surface area contributed by atoms with Crippen LogP contribution in [-0.4, -0.2) is 23.0 Å². The zero-order chi connectivity index (χ0) is 14.6. The molecule has 6 heteroatoms. The third kappa shape index (κ3) is 4.62. The van der Waals surface area contributed by atoms with E-state index < -0.39 is 17.9 Å². The fourth-order valence-electron chi connectivity index (χ4n) is 1.59. The first kappa shape index (κ1) is 16.2. The van der Waals surface area contributed by atoms with E-state index in [2.05, 4.69) is 37.2 Å². The molecule has 0 spiro atoms. The van der Waals surface area contributed by atoms with Gasteiger partial charge in [0.1, 0.15) is 6.04 Å². The highest BCUT2D eigenvalue weighted by molar-refractivity contribution is 9.11. The third-order valence-electron chi connectivity index (χ3n) is 2.89. The van der Waals surface area contributed by atoms with Gasteiger partial charge >= 0.3 is 5.97 Å². The van der Waals surface area contributed by atoms with Crippen LogP contribution in [0.2, 0.25) is 0 Å². The van der Waals surface area contributed by atoms with E-state index in [0.29, 0.717) is 12.0 Å². The van der Waals surface area contributed by atoms with E-state index in [1.807, 2.05) is 6.92 Å². The highest BCUT2D eigenvalue weighted by Crippen LogP contribution is 2.20. The number of rotatable bonds is 5. The van der Waals surface area contributed by atoms with Crippen LogP contribution in [0.5, 0.6) is 0 Å². The van der Waals surface area contributed by atoms with E-state index in [9.17, 15) is 9.59 Å². The Morgan fingerprint density at radius 1 is 1.26 bits per heavy atom. The Hall–Kier alpha value is -0.880. The summed E-state index contributed by atoms with van der Waals surface area (Å²) in [5.74, 6) is -1.54. The number of carboxylic acids is 1. The molecule has 104 valence electrons. The van der Waals surface area contributed by atoms with Gasteiger partial charge in [0.25, 0.3) is 5.91 Å². The molecule has 1 aromatic rings. The Balaban J connectivity index is 2.90. The number of carboxylic acid groups (broad SMARTS) is 1. The molecule has 0 aromatic heterocycles. The second-order valence-corrected chi connectivity index (χ2v) is 6.16. The van der Waals surface area contributed by atoms with Gasteiger partial charge in [0.05, 0.1) is 0 Å². The minimum absolute atomic E-state index is 0.128. The molecule has 0 radical (unpaired) electrons. The molecule has 0 aliphatic carbocycles. The normalized spacial score (nSPS) is 13.7. The summed E-state index contributed by atoms with van der Waals surface area (Å²) >= 11 is 6.59. The SMILES string of the molecule is CC[C@H](C)[C@H](NC(=O)c1cc(Br)cc(Br)c1)C(=O)O. The molecular weight excluding hydrogens is 378 g/mol. The molecule has 1 rings (SSSR count).